The molecule has 0 bridgehead atoms. The quantitative estimate of drug-likeness (QED) is 0.739. The van der Waals surface area contributed by atoms with Gasteiger partial charge in [-0.3, -0.25) is 14.5 Å². The van der Waals surface area contributed by atoms with Gasteiger partial charge in [-0.2, -0.15) is 0 Å². The highest BCUT2D eigenvalue weighted by Gasteiger charge is 2.56. The first kappa shape index (κ1) is 24.0. The molecule has 0 saturated heterocycles. The predicted octanol–water partition coefficient (Wildman–Crippen LogP) is 3.53. The van der Waals surface area contributed by atoms with Gasteiger partial charge in [0.25, 0.3) is 0 Å². The first-order valence-corrected chi connectivity index (χ1v) is 11.4. The number of fused-ring (bicyclic) bond motifs is 1. The molecule has 1 aromatic rings. The van der Waals surface area contributed by atoms with Crippen molar-refractivity contribution in [3.8, 4) is 5.75 Å². The summed E-state index contributed by atoms with van der Waals surface area (Å²) in [5.74, 6) is 0.0668. The summed E-state index contributed by atoms with van der Waals surface area (Å²) in [6.45, 7) is 12.0. The number of guanidine groups is 1. The Balaban J connectivity index is 0.00000141. The number of benzene rings is 1. The number of hydrogen-bond donors (Lipinski definition) is 2. The third-order valence-corrected chi connectivity index (χ3v) is 6.33. The number of amides is 2. The fraction of sp³-hybridized carbons (Fsp3) is 0.625. The molecule has 3 N–H and O–H groups in total. The number of carbonyl (C=O) groups excluding carboxylic acids is 2. The lowest BCUT2D eigenvalue weighted by molar-refractivity contribution is -0.130. The Morgan fingerprint density at radius 1 is 1.34 bits per heavy atom. The van der Waals surface area contributed by atoms with Crippen LogP contribution in [0.3, 0.4) is 0 Å². The molecular weight excluding hydrogens is 411 g/mol. The van der Waals surface area contributed by atoms with Gasteiger partial charge >= 0.3 is 0 Å². The molecule has 0 radical (unpaired) electrons. The topological polar surface area (TPSA) is 97.0 Å². The van der Waals surface area contributed by atoms with Crippen molar-refractivity contribution in [1.29, 1.82) is 0 Å². The van der Waals surface area contributed by atoms with Gasteiger partial charge in [0.15, 0.2) is 5.96 Å². The van der Waals surface area contributed by atoms with Crippen LogP contribution in [0, 0.1) is 17.2 Å². The van der Waals surface area contributed by atoms with Gasteiger partial charge in [-0.05, 0) is 50.8 Å². The second kappa shape index (κ2) is 8.71. The lowest BCUT2D eigenvalue weighted by Crippen LogP contribution is -2.52. The maximum Gasteiger partial charge on any atom is 0.231 e. The highest BCUT2D eigenvalue weighted by Crippen LogP contribution is 2.53. The number of nitrogens with two attached hydrogens (primary N) is 1. The molecule has 7 nitrogen and oxygen atoms in total. The van der Waals surface area contributed by atoms with Crippen LogP contribution < -0.4 is 15.8 Å². The minimum atomic E-state index is -0.499. The zero-order chi connectivity index (χ0) is 23.8. The molecule has 4 rings (SSSR count). The van der Waals surface area contributed by atoms with Crippen molar-refractivity contribution in [3.63, 3.8) is 0 Å². The van der Waals surface area contributed by atoms with Crippen LogP contribution in [0.2, 0.25) is 0 Å². The summed E-state index contributed by atoms with van der Waals surface area (Å²) >= 11 is 0. The van der Waals surface area contributed by atoms with Crippen molar-refractivity contribution in [2.45, 2.75) is 78.5 Å². The average molecular weight is 447 g/mol. The fourth-order valence-electron chi connectivity index (χ4n) is 4.56. The summed E-state index contributed by atoms with van der Waals surface area (Å²) in [5, 5.41) is 3.07. The summed E-state index contributed by atoms with van der Waals surface area (Å²) in [4.78, 5) is 31.4. The van der Waals surface area contributed by atoms with Gasteiger partial charge in [-0.25, -0.2) is 9.38 Å². The Kier molecular flexibility index (Phi) is 6.54. The van der Waals surface area contributed by atoms with E-state index >= 15 is 0 Å². The number of carbonyl (C=O) groups is 2. The lowest BCUT2D eigenvalue weighted by atomic mass is 9.96. The van der Waals surface area contributed by atoms with Crippen LogP contribution in [0.4, 0.5) is 4.39 Å². The Hall–Kier alpha value is -2.64. The van der Waals surface area contributed by atoms with Crippen molar-refractivity contribution < 1.29 is 18.7 Å². The first-order chi connectivity index (χ1) is 15.0. The molecule has 176 valence electrons. The van der Waals surface area contributed by atoms with Crippen molar-refractivity contribution in [3.05, 3.63) is 29.6 Å². The molecule has 1 aliphatic carbocycles. The van der Waals surface area contributed by atoms with E-state index in [0.29, 0.717) is 37.1 Å². The Morgan fingerprint density at radius 2 is 2.03 bits per heavy atom. The van der Waals surface area contributed by atoms with E-state index in [4.69, 9.17) is 10.5 Å². The van der Waals surface area contributed by atoms with Gasteiger partial charge in [-0.1, -0.05) is 20.8 Å². The first-order valence-electron chi connectivity index (χ1n) is 11.4. The van der Waals surface area contributed by atoms with Crippen LogP contribution in [0.15, 0.2) is 23.2 Å². The van der Waals surface area contributed by atoms with E-state index in [0.717, 1.165) is 0 Å². The molecule has 1 saturated carbocycles. The van der Waals surface area contributed by atoms with E-state index in [-0.39, 0.29) is 47.1 Å². The highest BCUT2D eigenvalue weighted by atomic mass is 19.1. The Bertz CT molecular complexity index is 932. The molecular formula is C24H35FN4O3. The number of nitrogens with zero attached hydrogens (tertiary/aromatic N) is 2. The van der Waals surface area contributed by atoms with Crippen molar-refractivity contribution >= 4 is 17.8 Å². The van der Waals surface area contributed by atoms with E-state index in [1.54, 1.807) is 6.07 Å². The van der Waals surface area contributed by atoms with Gasteiger partial charge in [0, 0.05) is 24.4 Å². The third-order valence-electron chi connectivity index (χ3n) is 6.33. The Labute approximate surface area is 189 Å². The molecule has 2 heterocycles. The maximum atomic E-state index is 13.8. The largest absolute Gasteiger partial charge is 0.490 e. The van der Waals surface area contributed by atoms with Crippen LogP contribution >= 0.6 is 0 Å². The molecule has 2 aliphatic heterocycles. The second-order valence-corrected chi connectivity index (χ2v) is 9.76. The predicted molar refractivity (Wildman–Crippen MR) is 122 cm³/mol. The van der Waals surface area contributed by atoms with Crippen LogP contribution in [0.5, 0.6) is 5.75 Å². The van der Waals surface area contributed by atoms with Crippen molar-refractivity contribution in [1.82, 2.24) is 10.2 Å². The molecule has 1 aromatic carbocycles. The number of halogens is 1. The zero-order valence-corrected chi connectivity index (χ0v) is 19.9. The van der Waals surface area contributed by atoms with E-state index in [1.165, 1.54) is 17.0 Å². The van der Waals surface area contributed by atoms with Crippen LogP contribution in [-0.2, 0) is 9.59 Å². The normalized spacial score (nSPS) is 30.2. The number of hydrogen-bond acceptors (Lipinski definition) is 5. The van der Waals surface area contributed by atoms with E-state index < -0.39 is 5.54 Å². The van der Waals surface area contributed by atoms with Gasteiger partial charge in [0.05, 0.1) is 24.1 Å². The van der Waals surface area contributed by atoms with Crippen LogP contribution in [0.1, 0.15) is 72.4 Å². The molecule has 1 fully saturated rings. The van der Waals surface area contributed by atoms with E-state index in [1.807, 2.05) is 41.5 Å². The number of ether oxygens (including phenoxy) is 1. The maximum absolute atomic E-state index is 13.8. The molecule has 3 aliphatic rings. The van der Waals surface area contributed by atoms with Gasteiger partial charge in [0.2, 0.25) is 11.8 Å². The van der Waals surface area contributed by atoms with Gasteiger partial charge in [0.1, 0.15) is 11.6 Å². The van der Waals surface area contributed by atoms with Gasteiger partial charge in [-0.15, -0.1) is 0 Å². The van der Waals surface area contributed by atoms with E-state index in [9.17, 15) is 14.0 Å². The standard InChI is InChI=1S/C22H29FN4O3.C2H6/c1-12-7-16(14-8-13(23)5-6-17(14)30-12)25-19(29)15-9-22(15,4)11-27-18(28)10-21(2,3)26-20(27)24;1-2/h5-6,8,12,15-16H,7,9-11H2,1-4H3,(H2,24,26)(H,25,29);1-2H3/t12?,15?,16-,22+;/m0./s1. The minimum Gasteiger partial charge on any atom is -0.490 e. The summed E-state index contributed by atoms with van der Waals surface area (Å²) in [5.41, 5.74) is 5.84. The monoisotopic (exact) mass is 446 g/mol. The van der Waals surface area contributed by atoms with Crippen LogP contribution in [0.25, 0.3) is 0 Å². The summed E-state index contributed by atoms with van der Waals surface area (Å²) < 4.78 is 19.5. The van der Waals surface area contributed by atoms with E-state index in [2.05, 4.69) is 10.3 Å². The Morgan fingerprint density at radius 3 is 2.69 bits per heavy atom. The fourth-order valence-corrected chi connectivity index (χ4v) is 4.56. The highest BCUT2D eigenvalue weighted by molar-refractivity contribution is 5.99. The molecule has 2 amide bonds. The average Bonchev–Trinajstić information content (AvgIpc) is 3.38. The van der Waals surface area contributed by atoms with Crippen LogP contribution in [-0.4, -0.2) is 40.9 Å². The molecule has 0 spiro atoms. The van der Waals surface area contributed by atoms with Crippen molar-refractivity contribution in [2.24, 2.45) is 22.1 Å². The van der Waals surface area contributed by atoms with Gasteiger partial charge < -0.3 is 15.8 Å². The van der Waals surface area contributed by atoms with Crippen molar-refractivity contribution in [2.75, 3.05) is 6.54 Å². The smallest absolute Gasteiger partial charge is 0.231 e. The molecule has 4 atom stereocenters. The summed E-state index contributed by atoms with van der Waals surface area (Å²) in [6.07, 6.45) is 1.45. The number of rotatable bonds is 4. The minimum absolute atomic E-state index is 0.0672. The lowest BCUT2D eigenvalue weighted by Gasteiger charge is -2.34. The molecule has 2 unspecified atom stereocenters. The molecule has 0 aromatic heterocycles. The molecule has 8 heteroatoms. The SMILES string of the molecule is CC.CC1C[C@H](NC(=O)C2C[C@]2(C)CN2C(=O)CC(C)(C)N=C2N)c2cc(F)ccc2O1. The molecule has 32 heavy (non-hydrogen) atoms. The summed E-state index contributed by atoms with van der Waals surface area (Å²) in [6, 6.07) is 4.08. The number of nitrogens with one attached hydrogen (secondary N) is 1. The number of aliphatic imine (C=N–C) groups is 1. The third kappa shape index (κ3) is 4.89. The summed E-state index contributed by atoms with van der Waals surface area (Å²) in [7, 11) is 0. The zero-order valence-electron chi connectivity index (χ0n) is 19.9. The second-order valence-electron chi connectivity index (χ2n) is 9.76.